The summed E-state index contributed by atoms with van der Waals surface area (Å²) in [5, 5.41) is 7.07. The number of rotatable bonds is 8. The van der Waals surface area contributed by atoms with Gasteiger partial charge in [-0.05, 0) is 49.9 Å². The van der Waals surface area contributed by atoms with Crippen LogP contribution in [0.2, 0.25) is 5.02 Å². The van der Waals surface area contributed by atoms with Crippen LogP contribution in [0.5, 0.6) is 5.75 Å². The second-order valence-corrected chi connectivity index (χ2v) is 7.27. The molecule has 5 nitrogen and oxygen atoms in total. The van der Waals surface area contributed by atoms with E-state index < -0.39 is 12.7 Å². The summed E-state index contributed by atoms with van der Waals surface area (Å²) in [7, 11) is 1.60. The van der Waals surface area contributed by atoms with E-state index in [4.69, 9.17) is 16.3 Å². The number of nitrogens with one attached hydrogen (secondary N) is 2. The highest BCUT2D eigenvalue weighted by Gasteiger charge is 2.34. The number of ether oxygens (including phenoxy) is 1. The minimum Gasteiger partial charge on any atom is -0.497 e. The van der Waals surface area contributed by atoms with Gasteiger partial charge in [-0.2, -0.15) is 13.2 Å². The van der Waals surface area contributed by atoms with Crippen molar-refractivity contribution in [3.8, 4) is 5.75 Å². The van der Waals surface area contributed by atoms with E-state index >= 15 is 0 Å². The van der Waals surface area contributed by atoms with Crippen LogP contribution in [0, 0.1) is 5.92 Å². The molecule has 1 aromatic rings. The van der Waals surface area contributed by atoms with Crippen molar-refractivity contribution in [1.82, 2.24) is 15.5 Å². The van der Waals surface area contributed by atoms with Gasteiger partial charge in [0.1, 0.15) is 5.75 Å². The summed E-state index contributed by atoms with van der Waals surface area (Å²) in [6.45, 7) is 3.89. The third-order valence-corrected chi connectivity index (χ3v) is 4.92. The van der Waals surface area contributed by atoms with Crippen LogP contribution < -0.4 is 15.4 Å². The van der Waals surface area contributed by atoms with E-state index in [1.165, 1.54) is 4.90 Å². The second-order valence-electron chi connectivity index (χ2n) is 6.86. The van der Waals surface area contributed by atoms with Crippen LogP contribution >= 0.6 is 35.6 Å². The van der Waals surface area contributed by atoms with Crippen molar-refractivity contribution in [2.24, 2.45) is 10.9 Å². The molecule has 0 aromatic heterocycles. The summed E-state index contributed by atoms with van der Waals surface area (Å²) >= 11 is 6.25. The molecule has 2 N–H and O–H groups in total. The minimum absolute atomic E-state index is 0. The Bertz CT molecular complexity index is 661. The first-order valence-electron chi connectivity index (χ1n) is 9.44. The first-order chi connectivity index (χ1) is 13.3. The molecule has 1 aliphatic rings. The zero-order valence-electron chi connectivity index (χ0n) is 16.7. The lowest BCUT2D eigenvalue weighted by Crippen LogP contribution is -2.39. The van der Waals surface area contributed by atoms with E-state index in [1.54, 1.807) is 13.2 Å². The summed E-state index contributed by atoms with van der Waals surface area (Å²) in [6.07, 6.45) is -2.69. The maximum Gasteiger partial charge on any atom is 0.401 e. The molecule has 1 unspecified atom stereocenters. The number of aliphatic imine (C=N–C) groups is 1. The molecule has 1 atom stereocenters. The molecule has 0 aliphatic carbocycles. The van der Waals surface area contributed by atoms with Gasteiger partial charge in [-0.1, -0.05) is 17.7 Å². The van der Waals surface area contributed by atoms with E-state index in [9.17, 15) is 13.2 Å². The van der Waals surface area contributed by atoms with Crippen LogP contribution in [0.1, 0.15) is 18.9 Å². The quantitative estimate of drug-likeness (QED) is 0.294. The Hall–Kier alpha value is -0.940. The normalized spacial score (nSPS) is 17.7. The average molecular weight is 549 g/mol. The van der Waals surface area contributed by atoms with Gasteiger partial charge in [0.15, 0.2) is 5.96 Å². The first-order valence-corrected chi connectivity index (χ1v) is 9.82. The van der Waals surface area contributed by atoms with Crippen molar-refractivity contribution in [3.63, 3.8) is 0 Å². The van der Waals surface area contributed by atoms with Crippen molar-refractivity contribution < 1.29 is 17.9 Å². The third kappa shape index (κ3) is 9.61. The summed E-state index contributed by atoms with van der Waals surface area (Å²) in [5.74, 6) is 1.53. The molecular formula is C19H29ClF3IN4O. The Kier molecular flexibility index (Phi) is 11.4. The zero-order valence-corrected chi connectivity index (χ0v) is 19.8. The number of nitrogens with zero attached hydrogens (tertiary/aromatic N) is 2. The molecule has 29 heavy (non-hydrogen) atoms. The van der Waals surface area contributed by atoms with Gasteiger partial charge in [0, 0.05) is 31.2 Å². The topological polar surface area (TPSA) is 48.9 Å². The second kappa shape index (κ2) is 12.7. The van der Waals surface area contributed by atoms with Crippen molar-refractivity contribution >= 4 is 41.5 Å². The number of methoxy groups -OCH3 is 1. The largest absolute Gasteiger partial charge is 0.497 e. The summed E-state index contributed by atoms with van der Waals surface area (Å²) in [6, 6.07) is 5.58. The molecule has 10 heteroatoms. The molecule has 1 aromatic carbocycles. The number of guanidine groups is 1. The Labute approximate surface area is 192 Å². The van der Waals surface area contributed by atoms with Crippen LogP contribution in [0.3, 0.4) is 0 Å². The molecular weight excluding hydrogens is 520 g/mol. The van der Waals surface area contributed by atoms with Crippen LogP contribution in [-0.4, -0.2) is 63.4 Å². The van der Waals surface area contributed by atoms with Crippen LogP contribution in [0.4, 0.5) is 13.2 Å². The average Bonchev–Trinajstić information content (AvgIpc) is 3.06. The fraction of sp³-hybridized carbons (Fsp3) is 0.632. The van der Waals surface area contributed by atoms with Gasteiger partial charge in [0.2, 0.25) is 0 Å². The number of hydrogen-bond acceptors (Lipinski definition) is 3. The Morgan fingerprint density at radius 2 is 2.10 bits per heavy atom. The molecule has 0 saturated carbocycles. The number of alkyl halides is 3. The van der Waals surface area contributed by atoms with Gasteiger partial charge in [-0.15, -0.1) is 24.0 Å². The van der Waals surface area contributed by atoms with Gasteiger partial charge in [0.25, 0.3) is 0 Å². The smallest absolute Gasteiger partial charge is 0.401 e. The fourth-order valence-electron chi connectivity index (χ4n) is 3.19. The van der Waals surface area contributed by atoms with Gasteiger partial charge >= 0.3 is 6.18 Å². The number of likely N-dealkylation sites (tertiary alicyclic amines) is 1. The zero-order chi connectivity index (χ0) is 20.6. The van der Waals surface area contributed by atoms with Gasteiger partial charge in [-0.3, -0.25) is 9.89 Å². The van der Waals surface area contributed by atoms with Gasteiger partial charge in [0.05, 0.1) is 13.7 Å². The van der Waals surface area contributed by atoms with Crippen molar-refractivity contribution in [1.29, 1.82) is 0 Å². The monoisotopic (exact) mass is 548 g/mol. The van der Waals surface area contributed by atoms with Crippen molar-refractivity contribution in [2.45, 2.75) is 25.9 Å². The van der Waals surface area contributed by atoms with E-state index in [1.807, 2.05) is 19.1 Å². The standard InChI is InChI=1S/C19H28ClF3N4O.HI/c1-3-24-18(25-8-6-15-4-5-16(28-2)10-17(15)20)26-11-14-7-9-27(12-14)13-19(21,22)23;/h4-5,10,14H,3,6-9,11-13H2,1-2H3,(H2,24,25,26);1H. The lowest BCUT2D eigenvalue weighted by molar-refractivity contribution is -0.143. The van der Waals surface area contributed by atoms with Crippen LogP contribution in [-0.2, 0) is 6.42 Å². The molecule has 0 bridgehead atoms. The fourth-order valence-corrected chi connectivity index (χ4v) is 3.46. The first kappa shape index (κ1) is 26.1. The molecule has 1 aliphatic heterocycles. The Morgan fingerprint density at radius 1 is 1.34 bits per heavy atom. The molecule has 0 spiro atoms. The maximum atomic E-state index is 12.5. The lowest BCUT2D eigenvalue weighted by Gasteiger charge is -2.17. The number of hydrogen-bond donors (Lipinski definition) is 2. The predicted octanol–water partition coefficient (Wildman–Crippen LogP) is 3.95. The Balaban J connectivity index is 0.00000420. The molecule has 1 saturated heterocycles. The molecule has 166 valence electrons. The number of halogens is 5. The molecule has 1 fully saturated rings. The summed E-state index contributed by atoms with van der Waals surface area (Å²) < 4.78 is 42.6. The van der Waals surface area contributed by atoms with E-state index in [0.29, 0.717) is 49.5 Å². The lowest BCUT2D eigenvalue weighted by atomic mass is 10.1. The van der Waals surface area contributed by atoms with Gasteiger partial charge in [-0.25, -0.2) is 0 Å². The third-order valence-electron chi connectivity index (χ3n) is 4.57. The van der Waals surface area contributed by atoms with E-state index in [2.05, 4.69) is 15.6 Å². The minimum atomic E-state index is -4.14. The highest BCUT2D eigenvalue weighted by Crippen LogP contribution is 2.23. The predicted molar refractivity (Wildman–Crippen MR) is 122 cm³/mol. The van der Waals surface area contributed by atoms with Crippen molar-refractivity contribution in [2.75, 3.05) is 46.4 Å². The van der Waals surface area contributed by atoms with Crippen LogP contribution in [0.15, 0.2) is 23.2 Å². The van der Waals surface area contributed by atoms with E-state index in [-0.39, 0.29) is 29.9 Å². The van der Waals surface area contributed by atoms with Crippen LogP contribution in [0.25, 0.3) is 0 Å². The molecule has 1 heterocycles. The van der Waals surface area contributed by atoms with E-state index in [0.717, 1.165) is 18.4 Å². The highest BCUT2D eigenvalue weighted by atomic mass is 127. The highest BCUT2D eigenvalue weighted by molar-refractivity contribution is 14.0. The maximum absolute atomic E-state index is 12.5. The van der Waals surface area contributed by atoms with Gasteiger partial charge < -0.3 is 15.4 Å². The summed E-state index contributed by atoms with van der Waals surface area (Å²) in [4.78, 5) is 5.99. The molecule has 0 amide bonds. The SMILES string of the molecule is CCNC(=NCC1CCN(CC(F)(F)F)C1)NCCc1ccc(OC)cc1Cl.I. The molecule has 2 rings (SSSR count). The summed E-state index contributed by atoms with van der Waals surface area (Å²) in [5.41, 5.74) is 1.00. The molecule has 0 radical (unpaired) electrons. The number of benzene rings is 1. The van der Waals surface area contributed by atoms with Crippen molar-refractivity contribution in [3.05, 3.63) is 28.8 Å². The Morgan fingerprint density at radius 3 is 2.72 bits per heavy atom.